The average Bonchev–Trinajstić information content (AvgIpc) is 2.92. The van der Waals surface area contributed by atoms with E-state index in [1.807, 2.05) is 19.1 Å². The topological polar surface area (TPSA) is 52.6 Å². The van der Waals surface area contributed by atoms with Gasteiger partial charge in [0.25, 0.3) is 0 Å². The molecule has 0 aliphatic rings. The summed E-state index contributed by atoms with van der Waals surface area (Å²) in [6.45, 7) is 7.89. The van der Waals surface area contributed by atoms with Crippen molar-refractivity contribution in [1.29, 1.82) is 0 Å². The monoisotopic (exact) mass is 312 g/mol. The van der Waals surface area contributed by atoms with Crippen LogP contribution in [0.1, 0.15) is 43.9 Å². The molecule has 4 nitrogen and oxygen atoms in total. The summed E-state index contributed by atoms with van der Waals surface area (Å²) in [7, 11) is 0. The third-order valence-corrected chi connectivity index (χ3v) is 4.71. The van der Waals surface area contributed by atoms with Crippen molar-refractivity contribution in [3.63, 3.8) is 0 Å². The third kappa shape index (κ3) is 4.06. The zero-order valence-corrected chi connectivity index (χ0v) is 14.0. The van der Waals surface area contributed by atoms with Crippen LogP contribution in [0.15, 0.2) is 12.1 Å². The number of hydrogen-bond acceptors (Lipinski definition) is 5. The highest BCUT2D eigenvalue weighted by molar-refractivity contribution is 7.12. The van der Waals surface area contributed by atoms with E-state index < -0.39 is 17.4 Å². The zero-order valence-electron chi connectivity index (χ0n) is 13.2. The summed E-state index contributed by atoms with van der Waals surface area (Å²) in [4.78, 5) is 27.0. The van der Waals surface area contributed by atoms with E-state index in [0.29, 0.717) is 12.8 Å². The van der Waals surface area contributed by atoms with Crippen molar-refractivity contribution < 1.29 is 19.1 Å². The van der Waals surface area contributed by atoms with Crippen LogP contribution in [0.3, 0.4) is 0 Å². The largest absolute Gasteiger partial charge is 0.465 e. The van der Waals surface area contributed by atoms with Gasteiger partial charge in [-0.25, -0.2) is 0 Å². The second-order valence-electron chi connectivity index (χ2n) is 4.77. The van der Waals surface area contributed by atoms with E-state index >= 15 is 0 Å². The highest BCUT2D eigenvalue weighted by Gasteiger charge is 2.47. The molecule has 1 rings (SSSR count). The second kappa shape index (κ2) is 8.17. The quantitative estimate of drug-likeness (QED) is 0.545. The lowest BCUT2D eigenvalue weighted by Gasteiger charge is -2.27. The molecular formula is C16H24O4S. The number of ether oxygens (including phenoxy) is 2. The number of carbonyl (C=O) groups excluding carboxylic acids is 2. The van der Waals surface area contributed by atoms with Gasteiger partial charge in [-0.1, -0.05) is 13.8 Å². The predicted molar refractivity (Wildman–Crippen MR) is 83.4 cm³/mol. The molecule has 0 radical (unpaired) electrons. The Morgan fingerprint density at radius 2 is 1.52 bits per heavy atom. The molecule has 21 heavy (non-hydrogen) atoms. The highest BCUT2D eigenvalue weighted by atomic mass is 32.1. The molecule has 1 heterocycles. The van der Waals surface area contributed by atoms with Gasteiger partial charge >= 0.3 is 11.9 Å². The van der Waals surface area contributed by atoms with E-state index in [2.05, 4.69) is 6.92 Å². The first-order chi connectivity index (χ1) is 10.0. The molecule has 0 bridgehead atoms. The van der Waals surface area contributed by atoms with E-state index in [0.717, 1.165) is 11.3 Å². The molecule has 0 aliphatic carbocycles. The SMILES string of the molecule is CCOC(=O)C(CC)(Cc1ccc(CC)s1)C(=O)OCC. The Morgan fingerprint density at radius 1 is 1.00 bits per heavy atom. The van der Waals surface area contributed by atoms with Crippen LogP contribution in [-0.4, -0.2) is 25.2 Å². The van der Waals surface area contributed by atoms with Gasteiger partial charge in [0.1, 0.15) is 0 Å². The Hall–Kier alpha value is -1.36. The Kier molecular flexibility index (Phi) is 6.89. The standard InChI is InChI=1S/C16H24O4S/c1-5-12-9-10-13(21-12)11-16(6-2,14(17)19-7-3)15(18)20-8-4/h9-10H,5-8,11H2,1-4H3. The summed E-state index contributed by atoms with van der Waals surface area (Å²) < 4.78 is 10.3. The van der Waals surface area contributed by atoms with Crippen LogP contribution in [0.4, 0.5) is 0 Å². The number of carbonyl (C=O) groups is 2. The van der Waals surface area contributed by atoms with Gasteiger partial charge in [0.2, 0.25) is 0 Å². The molecule has 0 atom stereocenters. The van der Waals surface area contributed by atoms with Crippen LogP contribution >= 0.6 is 11.3 Å². The lowest BCUT2D eigenvalue weighted by molar-refractivity contribution is -0.172. The van der Waals surface area contributed by atoms with Crippen LogP contribution in [-0.2, 0) is 31.9 Å². The molecule has 0 saturated heterocycles. The molecule has 0 fully saturated rings. The summed E-state index contributed by atoms with van der Waals surface area (Å²) in [5.41, 5.74) is -1.23. The average molecular weight is 312 g/mol. The fraction of sp³-hybridized carbons (Fsp3) is 0.625. The smallest absolute Gasteiger partial charge is 0.323 e. The van der Waals surface area contributed by atoms with Gasteiger partial charge in [-0.2, -0.15) is 0 Å². The predicted octanol–water partition coefficient (Wildman–Crippen LogP) is 3.38. The lowest BCUT2D eigenvalue weighted by Crippen LogP contribution is -2.43. The molecule has 1 aromatic heterocycles. The van der Waals surface area contributed by atoms with Crippen LogP contribution < -0.4 is 0 Å². The summed E-state index contributed by atoms with van der Waals surface area (Å²) >= 11 is 1.63. The van der Waals surface area contributed by atoms with Gasteiger partial charge in [0.15, 0.2) is 5.41 Å². The van der Waals surface area contributed by atoms with E-state index in [1.165, 1.54) is 4.88 Å². The first-order valence-corrected chi connectivity index (χ1v) is 8.27. The second-order valence-corrected chi connectivity index (χ2v) is 6.03. The summed E-state index contributed by atoms with van der Waals surface area (Å²) in [5.74, 6) is -0.977. The molecule has 0 aromatic carbocycles. The van der Waals surface area contributed by atoms with Gasteiger partial charge in [0, 0.05) is 16.2 Å². The summed E-state index contributed by atoms with van der Waals surface area (Å²) in [5, 5.41) is 0. The number of aryl methyl sites for hydroxylation is 1. The van der Waals surface area contributed by atoms with E-state index in [1.54, 1.807) is 25.2 Å². The molecule has 5 heteroatoms. The molecule has 0 aliphatic heterocycles. The van der Waals surface area contributed by atoms with Crippen LogP contribution in [0, 0.1) is 5.41 Å². The van der Waals surface area contributed by atoms with Crippen molar-refractivity contribution in [2.75, 3.05) is 13.2 Å². The van der Waals surface area contributed by atoms with Crippen LogP contribution in [0.2, 0.25) is 0 Å². The van der Waals surface area contributed by atoms with Gasteiger partial charge in [-0.15, -0.1) is 11.3 Å². The fourth-order valence-electron chi connectivity index (χ4n) is 2.18. The molecule has 0 amide bonds. The lowest BCUT2D eigenvalue weighted by atomic mass is 9.81. The van der Waals surface area contributed by atoms with E-state index in [4.69, 9.17) is 9.47 Å². The first-order valence-electron chi connectivity index (χ1n) is 7.46. The van der Waals surface area contributed by atoms with Crippen molar-refractivity contribution in [3.8, 4) is 0 Å². The molecule has 0 saturated carbocycles. The van der Waals surface area contributed by atoms with Gasteiger partial charge in [-0.05, 0) is 38.8 Å². The van der Waals surface area contributed by atoms with Crippen molar-refractivity contribution in [3.05, 3.63) is 21.9 Å². The summed E-state index contributed by atoms with van der Waals surface area (Å²) in [6, 6.07) is 4.02. The van der Waals surface area contributed by atoms with Gasteiger partial charge < -0.3 is 9.47 Å². The number of thiophene rings is 1. The molecule has 118 valence electrons. The minimum Gasteiger partial charge on any atom is -0.465 e. The van der Waals surface area contributed by atoms with E-state index in [-0.39, 0.29) is 13.2 Å². The van der Waals surface area contributed by atoms with Crippen LogP contribution in [0.25, 0.3) is 0 Å². The number of rotatable bonds is 8. The Morgan fingerprint density at radius 3 is 1.90 bits per heavy atom. The minimum atomic E-state index is -1.23. The maximum absolute atomic E-state index is 12.4. The van der Waals surface area contributed by atoms with Crippen molar-refractivity contribution in [1.82, 2.24) is 0 Å². The van der Waals surface area contributed by atoms with E-state index in [9.17, 15) is 9.59 Å². The number of esters is 2. The Bertz CT molecular complexity index is 460. The third-order valence-electron chi connectivity index (χ3n) is 3.48. The maximum Gasteiger partial charge on any atom is 0.323 e. The molecular weight excluding hydrogens is 288 g/mol. The van der Waals surface area contributed by atoms with Crippen molar-refractivity contribution in [2.45, 2.75) is 47.0 Å². The highest BCUT2D eigenvalue weighted by Crippen LogP contribution is 2.33. The minimum absolute atomic E-state index is 0.255. The normalized spacial score (nSPS) is 11.2. The molecule has 0 spiro atoms. The van der Waals surface area contributed by atoms with Crippen molar-refractivity contribution >= 4 is 23.3 Å². The van der Waals surface area contributed by atoms with Gasteiger partial charge in [0.05, 0.1) is 13.2 Å². The fourth-order valence-corrected chi connectivity index (χ4v) is 3.26. The Labute approximate surface area is 130 Å². The first kappa shape index (κ1) is 17.7. The van der Waals surface area contributed by atoms with Crippen LogP contribution in [0.5, 0.6) is 0 Å². The Balaban J connectivity index is 3.09. The summed E-state index contributed by atoms with van der Waals surface area (Å²) in [6.07, 6.45) is 1.65. The molecule has 0 unspecified atom stereocenters. The molecule has 0 N–H and O–H groups in total. The number of hydrogen-bond donors (Lipinski definition) is 0. The zero-order chi connectivity index (χ0) is 15.9. The van der Waals surface area contributed by atoms with Gasteiger partial charge in [-0.3, -0.25) is 9.59 Å². The maximum atomic E-state index is 12.4. The molecule has 1 aromatic rings. The van der Waals surface area contributed by atoms with Crippen molar-refractivity contribution in [2.24, 2.45) is 5.41 Å².